The van der Waals surface area contributed by atoms with Gasteiger partial charge in [0.2, 0.25) is 0 Å². The quantitative estimate of drug-likeness (QED) is 0.893. The van der Waals surface area contributed by atoms with Gasteiger partial charge in [0, 0.05) is 18.7 Å². The zero-order chi connectivity index (χ0) is 16.4. The maximum atomic E-state index is 11.9. The highest BCUT2D eigenvalue weighted by molar-refractivity contribution is 8.14. The largest absolute Gasteiger partial charge is 0.365 e. The Labute approximate surface area is 147 Å². The molecular weight excluding hydrogens is 316 g/mol. The van der Waals surface area contributed by atoms with E-state index in [4.69, 9.17) is 4.99 Å². The van der Waals surface area contributed by atoms with E-state index in [-0.39, 0.29) is 5.25 Å². The molecular formula is C20H22N2OS. The first-order chi connectivity index (χ1) is 11.8. The van der Waals surface area contributed by atoms with Crippen molar-refractivity contribution in [2.24, 2.45) is 4.99 Å². The Morgan fingerprint density at radius 2 is 1.67 bits per heavy atom. The Hall–Kier alpha value is -1.78. The van der Waals surface area contributed by atoms with E-state index in [0.717, 1.165) is 42.2 Å². The molecule has 1 N–H and O–H groups in total. The normalized spacial score (nSPS) is 27.1. The summed E-state index contributed by atoms with van der Waals surface area (Å²) in [5.74, 6) is 0. The fourth-order valence-electron chi connectivity index (χ4n) is 3.58. The third-order valence-electron chi connectivity index (χ3n) is 4.82. The van der Waals surface area contributed by atoms with E-state index in [2.05, 4.69) is 17.0 Å². The number of rotatable bonds is 2. The van der Waals surface area contributed by atoms with Crippen LogP contribution in [0.1, 0.15) is 35.6 Å². The molecule has 0 amide bonds. The number of amidine groups is 1. The number of fused-ring (bicyclic) bond motifs is 1. The topological polar surface area (TPSA) is 35.8 Å². The summed E-state index contributed by atoms with van der Waals surface area (Å²) in [6.07, 6.45) is 3.40. The molecule has 4 rings (SSSR count). The standard InChI is InChI=1S/C20H22N2OS/c23-20(17-12-6-2-7-13-17)18(16-10-4-1-5-11-16)24-19-21-14-8-3-9-15-22(19)20/h1-2,4-7,10-13,18,23H,3,8-9,14-15H2. The van der Waals surface area contributed by atoms with Gasteiger partial charge in [0.25, 0.3) is 0 Å². The number of thioether (sulfide) groups is 1. The Kier molecular flexibility index (Phi) is 4.33. The van der Waals surface area contributed by atoms with Gasteiger partial charge in [0.1, 0.15) is 0 Å². The minimum Gasteiger partial charge on any atom is -0.365 e. The summed E-state index contributed by atoms with van der Waals surface area (Å²) in [7, 11) is 0. The number of aliphatic imine (C=N–C) groups is 1. The molecule has 0 aromatic heterocycles. The van der Waals surface area contributed by atoms with E-state index >= 15 is 0 Å². The van der Waals surface area contributed by atoms with E-state index in [1.807, 2.05) is 48.5 Å². The molecule has 2 aromatic carbocycles. The van der Waals surface area contributed by atoms with Crippen LogP contribution in [-0.4, -0.2) is 28.3 Å². The number of hydrogen-bond acceptors (Lipinski definition) is 4. The molecule has 0 aliphatic carbocycles. The predicted octanol–water partition coefficient (Wildman–Crippen LogP) is 4.16. The average Bonchev–Trinajstić information content (AvgIpc) is 2.89. The van der Waals surface area contributed by atoms with Gasteiger partial charge in [0.05, 0.1) is 5.25 Å². The maximum absolute atomic E-state index is 11.9. The van der Waals surface area contributed by atoms with E-state index in [1.165, 1.54) is 6.42 Å². The smallest absolute Gasteiger partial charge is 0.182 e. The van der Waals surface area contributed by atoms with Crippen LogP contribution in [0.15, 0.2) is 65.7 Å². The summed E-state index contributed by atoms with van der Waals surface area (Å²) in [6.45, 7) is 1.70. The summed E-state index contributed by atoms with van der Waals surface area (Å²) < 4.78 is 0. The summed E-state index contributed by atoms with van der Waals surface area (Å²) in [5, 5.41) is 12.8. The molecule has 0 spiro atoms. The van der Waals surface area contributed by atoms with Crippen LogP contribution in [0.25, 0.3) is 0 Å². The van der Waals surface area contributed by atoms with Gasteiger partial charge in [0.15, 0.2) is 10.9 Å². The molecule has 3 nitrogen and oxygen atoms in total. The van der Waals surface area contributed by atoms with Gasteiger partial charge in [-0.3, -0.25) is 4.99 Å². The second kappa shape index (κ2) is 6.61. The zero-order valence-corrected chi connectivity index (χ0v) is 14.5. The summed E-state index contributed by atoms with van der Waals surface area (Å²) >= 11 is 1.70. The van der Waals surface area contributed by atoms with Crippen molar-refractivity contribution in [3.05, 3.63) is 71.8 Å². The first-order valence-electron chi connectivity index (χ1n) is 8.62. The molecule has 2 aromatic rings. The lowest BCUT2D eigenvalue weighted by Crippen LogP contribution is -2.46. The van der Waals surface area contributed by atoms with E-state index in [0.29, 0.717) is 0 Å². The summed E-state index contributed by atoms with van der Waals surface area (Å²) in [4.78, 5) is 6.92. The summed E-state index contributed by atoms with van der Waals surface area (Å²) in [5.41, 5.74) is 1.03. The highest BCUT2D eigenvalue weighted by Gasteiger charge is 2.53. The fraction of sp³-hybridized carbons (Fsp3) is 0.350. The third-order valence-corrected chi connectivity index (χ3v) is 6.22. The van der Waals surface area contributed by atoms with Crippen LogP contribution >= 0.6 is 11.8 Å². The highest BCUT2D eigenvalue weighted by atomic mass is 32.2. The maximum Gasteiger partial charge on any atom is 0.182 e. The molecule has 1 fully saturated rings. The molecule has 2 atom stereocenters. The van der Waals surface area contributed by atoms with Crippen molar-refractivity contribution in [2.45, 2.75) is 30.2 Å². The zero-order valence-electron chi connectivity index (χ0n) is 13.6. The first-order valence-corrected chi connectivity index (χ1v) is 9.50. The Morgan fingerprint density at radius 1 is 0.958 bits per heavy atom. The van der Waals surface area contributed by atoms with Crippen LogP contribution in [-0.2, 0) is 5.72 Å². The molecule has 1 saturated heterocycles. The van der Waals surface area contributed by atoms with Crippen molar-refractivity contribution < 1.29 is 5.11 Å². The molecule has 124 valence electrons. The van der Waals surface area contributed by atoms with Crippen LogP contribution in [0.2, 0.25) is 0 Å². The fourth-order valence-corrected chi connectivity index (χ4v) is 5.03. The predicted molar refractivity (Wildman–Crippen MR) is 100.0 cm³/mol. The Morgan fingerprint density at radius 3 is 2.42 bits per heavy atom. The van der Waals surface area contributed by atoms with Crippen molar-refractivity contribution >= 4 is 16.9 Å². The number of nitrogens with zero attached hydrogens (tertiary/aromatic N) is 2. The lowest BCUT2D eigenvalue weighted by atomic mass is 9.92. The molecule has 2 aliphatic heterocycles. The van der Waals surface area contributed by atoms with Gasteiger partial charge in [-0.05, 0) is 24.8 Å². The van der Waals surface area contributed by atoms with Gasteiger partial charge in [-0.15, -0.1) is 0 Å². The van der Waals surface area contributed by atoms with Crippen LogP contribution in [0.4, 0.5) is 0 Å². The van der Waals surface area contributed by atoms with Crippen molar-refractivity contribution in [2.75, 3.05) is 13.1 Å². The Balaban J connectivity index is 1.84. The van der Waals surface area contributed by atoms with Crippen LogP contribution in [0.3, 0.4) is 0 Å². The molecule has 2 unspecified atom stereocenters. The van der Waals surface area contributed by atoms with Gasteiger partial charge in [-0.25, -0.2) is 0 Å². The van der Waals surface area contributed by atoms with Crippen LogP contribution < -0.4 is 0 Å². The molecule has 0 radical (unpaired) electrons. The third kappa shape index (κ3) is 2.64. The molecule has 2 heterocycles. The number of hydrogen-bond donors (Lipinski definition) is 1. The van der Waals surface area contributed by atoms with E-state index < -0.39 is 5.72 Å². The minimum absolute atomic E-state index is 0.0713. The molecule has 4 heteroatoms. The second-order valence-electron chi connectivity index (χ2n) is 6.38. The van der Waals surface area contributed by atoms with Crippen LogP contribution in [0.5, 0.6) is 0 Å². The van der Waals surface area contributed by atoms with Crippen LogP contribution in [0, 0.1) is 0 Å². The molecule has 24 heavy (non-hydrogen) atoms. The van der Waals surface area contributed by atoms with Gasteiger partial charge < -0.3 is 10.0 Å². The first kappa shape index (κ1) is 15.7. The average molecular weight is 338 g/mol. The monoisotopic (exact) mass is 338 g/mol. The minimum atomic E-state index is -1.05. The number of benzene rings is 2. The van der Waals surface area contributed by atoms with Crippen molar-refractivity contribution in [3.63, 3.8) is 0 Å². The van der Waals surface area contributed by atoms with Gasteiger partial charge in [-0.1, -0.05) is 72.4 Å². The highest BCUT2D eigenvalue weighted by Crippen LogP contribution is 2.54. The van der Waals surface area contributed by atoms with E-state index in [1.54, 1.807) is 11.8 Å². The van der Waals surface area contributed by atoms with Crippen molar-refractivity contribution in [1.29, 1.82) is 0 Å². The SMILES string of the molecule is OC1(c2ccccc2)C(c2ccccc2)SC2=NCCCCCN21. The summed E-state index contributed by atoms with van der Waals surface area (Å²) in [6, 6.07) is 20.4. The molecule has 0 bridgehead atoms. The second-order valence-corrected chi connectivity index (χ2v) is 7.45. The molecule has 2 aliphatic rings. The number of aliphatic hydroxyl groups is 1. The van der Waals surface area contributed by atoms with Gasteiger partial charge >= 0.3 is 0 Å². The lowest BCUT2D eigenvalue weighted by molar-refractivity contribution is -0.0724. The van der Waals surface area contributed by atoms with Gasteiger partial charge in [-0.2, -0.15) is 0 Å². The molecule has 0 saturated carbocycles. The van der Waals surface area contributed by atoms with Crippen molar-refractivity contribution in [3.8, 4) is 0 Å². The van der Waals surface area contributed by atoms with Crippen molar-refractivity contribution in [1.82, 2.24) is 4.90 Å². The Bertz CT molecular complexity index is 719. The lowest BCUT2D eigenvalue weighted by Gasteiger charge is -2.38. The van der Waals surface area contributed by atoms with E-state index in [9.17, 15) is 5.11 Å².